The Labute approximate surface area is 218 Å². The topological polar surface area (TPSA) is 98.2 Å². The first-order valence-corrected chi connectivity index (χ1v) is 12.2. The van der Waals surface area contributed by atoms with Crippen molar-refractivity contribution >= 4 is 52.4 Å². The summed E-state index contributed by atoms with van der Waals surface area (Å²) in [5.74, 6) is -1.54. The number of piperidine rings is 1. The lowest BCUT2D eigenvalue weighted by Gasteiger charge is -2.29. The minimum atomic E-state index is -0.755. The Balaban J connectivity index is 1.56. The van der Waals surface area contributed by atoms with Crippen molar-refractivity contribution in [2.24, 2.45) is 0 Å². The highest BCUT2D eigenvalue weighted by atomic mass is 35.5. The van der Waals surface area contributed by atoms with Gasteiger partial charge in [-0.25, -0.2) is 9.37 Å². The first-order valence-electron chi connectivity index (χ1n) is 11.4. The summed E-state index contributed by atoms with van der Waals surface area (Å²) in [6.07, 6.45) is 4.50. The zero-order chi connectivity index (χ0) is 25.8. The summed E-state index contributed by atoms with van der Waals surface area (Å²) in [5.41, 5.74) is 1.01. The second kappa shape index (κ2) is 11.1. The van der Waals surface area contributed by atoms with Gasteiger partial charge in [0.15, 0.2) is 0 Å². The average Bonchev–Trinajstić information content (AvgIpc) is 2.86. The predicted molar refractivity (Wildman–Crippen MR) is 140 cm³/mol. The number of amidine groups is 1. The van der Waals surface area contributed by atoms with E-state index < -0.39 is 17.6 Å². The van der Waals surface area contributed by atoms with Gasteiger partial charge >= 0.3 is 0 Å². The van der Waals surface area contributed by atoms with E-state index in [9.17, 15) is 14.0 Å². The molecule has 0 spiro atoms. The SMILES string of the molecule is Cc1cc(Cl)cc(C(=O)Nc2ccc(Cl)cn2)c1NC(=O)c1ccc(C(=N)N2CCCCC2)cc1F. The van der Waals surface area contributed by atoms with Crippen molar-refractivity contribution in [1.29, 1.82) is 5.41 Å². The summed E-state index contributed by atoms with van der Waals surface area (Å²) >= 11 is 12.0. The van der Waals surface area contributed by atoms with Crippen LogP contribution in [0.1, 0.15) is 51.1 Å². The molecular weight excluding hydrogens is 504 g/mol. The van der Waals surface area contributed by atoms with E-state index in [1.165, 1.54) is 30.5 Å². The molecule has 3 N–H and O–H groups in total. The van der Waals surface area contributed by atoms with Gasteiger partial charge in [0.2, 0.25) is 0 Å². The molecule has 36 heavy (non-hydrogen) atoms. The number of halogens is 3. The van der Waals surface area contributed by atoms with E-state index in [0.717, 1.165) is 32.4 Å². The lowest BCUT2D eigenvalue weighted by Crippen LogP contribution is -2.35. The molecule has 1 aliphatic heterocycles. The monoisotopic (exact) mass is 527 g/mol. The van der Waals surface area contributed by atoms with Gasteiger partial charge in [0.1, 0.15) is 17.5 Å². The number of rotatable bonds is 5. The Bertz CT molecular complexity index is 1320. The van der Waals surface area contributed by atoms with Crippen molar-refractivity contribution < 1.29 is 14.0 Å². The van der Waals surface area contributed by atoms with Gasteiger partial charge in [-0.1, -0.05) is 29.3 Å². The molecule has 3 aromatic rings. The Morgan fingerprint density at radius 3 is 2.33 bits per heavy atom. The first kappa shape index (κ1) is 25.6. The molecule has 1 aromatic heterocycles. The van der Waals surface area contributed by atoms with Crippen molar-refractivity contribution in [1.82, 2.24) is 9.88 Å². The number of aryl methyl sites for hydroxylation is 1. The fourth-order valence-corrected chi connectivity index (χ4v) is 4.43. The number of nitrogens with zero attached hydrogens (tertiary/aromatic N) is 2. The third-order valence-corrected chi connectivity index (χ3v) is 6.35. The number of hydrogen-bond donors (Lipinski definition) is 3. The summed E-state index contributed by atoms with van der Waals surface area (Å²) in [6, 6.07) is 10.2. The summed E-state index contributed by atoms with van der Waals surface area (Å²) in [4.78, 5) is 32.0. The van der Waals surface area contributed by atoms with Gasteiger partial charge in [-0.2, -0.15) is 0 Å². The maximum absolute atomic E-state index is 15.0. The van der Waals surface area contributed by atoms with Crippen LogP contribution in [0.15, 0.2) is 48.7 Å². The van der Waals surface area contributed by atoms with Crippen molar-refractivity contribution in [3.05, 3.63) is 86.8 Å². The summed E-state index contributed by atoms with van der Waals surface area (Å²) in [5, 5.41) is 14.4. The molecule has 186 valence electrons. The van der Waals surface area contributed by atoms with E-state index in [1.54, 1.807) is 25.1 Å². The molecule has 1 fully saturated rings. The molecule has 2 aromatic carbocycles. The van der Waals surface area contributed by atoms with Gasteiger partial charge in [-0.15, -0.1) is 0 Å². The van der Waals surface area contributed by atoms with Gasteiger partial charge < -0.3 is 15.5 Å². The van der Waals surface area contributed by atoms with Gasteiger partial charge in [-0.3, -0.25) is 15.0 Å². The van der Waals surface area contributed by atoms with E-state index >= 15 is 0 Å². The summed E-state index contributed by atoms with van der Waals surface area (Å²) in [7, 11) is 0. The van der Waals surface area contributed by atoms with Gasteiger partial charge in [0.05, 0.1) is 21.8 Å². The van der Waals surface area contributed by atoms with Gasteiger partial charge in [0, 0.05) is 29.9 Å². The molecule has 4 rings (SSSR count). The number of amides is 2. The van der Waals surface area contributed by atoms with Gasteiger partial charge in [-0.05, 0) is 68.1 Å². The third-order valence-electron chi connectivity index (χ3n) is 5.91. The maximum atomic E-state index is 15.0. The molecule has 0 bridgehead atoms. The van der Waals surface area contributed by atoms with Crippen LogP contribution in [0, 0.1) is 18.2 Å². The highest BCUT2D eigenvalue weighted by Gasteiger charge is 2.22. The number of anilines is 2. The van der Waals surface area contributed by atoms with E-state index in [4.69, 9.17) is 28.6 Å². The van der Waals surface area contributed by atoms with Crippen molar-refractivity contribution in [3.8, 4) is 0 Å². The van der Waals surface area contributed by atoms with E-state index in [-0.39, 0.29) is 28.5 Å². The molecule has 2 heterocycles. The average molecular weight is 528 g/mol. The Kier molecular flexibility index (Phi) is 7.86. The predicted octanol–water partition coefficient (Wildman–Crippen LogP) is 6.15. The minimum absolute atomic E-state index is 0.0917. The van der Waals surface area contributed by atoms with E-state index in [2.05, 4.69) is 15.6 Å². The fourth-order valence-electron chi connectivity index (χ4n) is 4.05. The van der Waals surface area contributed by atoms with Crippen LogP contribution in [0.5, 0.6) is 0 Å². The molecule has 0 aliphatic carbocycles. The third kappa shape index (κ3) is 5.83. The number of likely N-dealkylation sites (tertiary alicyclic amines) is 1. The number of nitrogens with one attached hydrogen (secondary N) is 3. The largest absolute Gasteiger partial charge is 0.357 e. The highest BCUT2D eigenvalue weighted by Crippen LogP contribution is 2.28. The summed E-state index contributed by atoms with van der Waals surface area (Å²) in [6.45, 7) is 3.20. The molecule has 10 heteroatoms. The minimum Gasteiger partial charge on any atom is -0.357 e. The molecule has 1 aliphatic rings. The molecule has 1 saturated heterocycles. The molecule has 0 unspecified atom stereocenters. The van der Waals surface area contributed by atoms with E-state index in [0.29, 0.717) is 21.2 Å². The van der Waals surface area contributed by atoms with Crippen LogP contribution < -0.4 is 10.6 Å². The first-order chi connectivity index (χ1) is 17.2. The van der Waals surface area contributed by atoms with Crippen molar-refractivity contribution in [2.45, 2.75) is 26.2 Å². The van der Waals surface area contributed by atoms with Crippen LogP contribution in [-0.4, -0.2) is 40.6 Å². The fraction of sp³-hybridized carbons (Fsp3) is 0.231. The number of aromatic nitrogens is 1. The van der Waals surface area contributed by atoms with Gasteiger partial charge in [0.25, 0.3) is 11.8 Å². The maximum Gasteiger partial charge on any atom is 0.258 e. The van der Waals surface area contributed by atoms with Crippen molar-refractivity contribution in [3.63, 3.8) is 0 Å². The lowest BCUT2D eigenvalue weighted by atomic mass is 10.0. The normalized spacial score (nSPS) is 13.3. The van der Waals surface area contributed by atoms with Crippen LogP contribution in [0.25, 0.3) is 0 Å². The van der Waals surface area contributed by atoms with Crippen LogP contribution in [0.3, 0.4) is 0 Å². The molecule has 0 radical (unpaired) electrons. The number of hydrogen-bond acceptors (Lipinski definition) is 4. The van der Waals surface area contributed by atoms with Crippen LogP contribution >= 0.6 is 23.2 Å². The molecule has 7 nitrogen and oxygen atoms in total. The smallest absolute Gasteiger partial charge is 0.258 e. The molecular formula is C26H24Cl2FN5O2. The Hall–Kier alpha value is -3.49. The van der Waals surface area contributed by atoms with Crippen LogP contribution in [-0.2, 0) is 0 Å². The summed E-state index contributed by atoms with van der Waals surface area (Å²) < 4.78 is 15.0. The molecule has 0 atom stereocenters. The molecule has 2 amide bonds. The van der Waals surface area contributed by atoms with Crippen molar-refractivity contribution in [2.75, 3.05) is 23.7 Å². The highest BCUT2D eigenvalue weighted by molar-refractivity contribution is 6.31. The second-order valence-corrected chi connectivity index (χ2v) is 9.38. The van der Waals surface area contributed by atoms with E-state index in [1.807, 2.05) is 4.90 Å². The number of carbonyl (C=O) groups is 2. The number of carbonyl (C=O) groups excluding carboxylic acids is 2. The van der Waals surface area contributed by atoms with Crippen LogP contribution in [0.4, 0.5) is 15.9 Å². The Morgan fingerprint density at radius 2 is 1.67 bits per heavy atom. The zero-order valence-corrected chi connectivity index (χ0v) is 21.0. The Morgan fingerprint density at radius 1 is 0.944 bits per heavy atom. The standard InChI is InChI=1S/C26H24Cl2FN5O2/c1-15-11-18(28)13-20(26(36)32-22-8-6-17(27)14-31-22)23(15)33-25(35)19-7-5-16(12-21(19)29)24(30)34-9-3-2-4-10-34/h5-8,11-14,30H,2-4,9-10H2,1H3,(H,33,35)(H,31,32,36). The zero-order valence-electron chi connectivity index (χ0n) is 19.5. The molecule has 0 saturated carbocycles. The number of benzene rings is 2. The number of pyridine rings is 1. The quantitative estimate of drug-likeness (QED) is 0.273. The second-order valence-electron chi connectivity index (χ2n) is 8.51. The van der Waals surface area contributed by atoms with Crippen LogP contribution in [0.2, 0.25) is 10.0 Å². The lowest BCUT2D eigenvalue weighted by molar-refractivity contribution is 0.102.